The Bertz CT molecular complexity index is 297. The van der Waals surface area contributed by atoms with Gasteiger partial charge in [-0.2, -0.15) is 10.3 Å². The first-order valence-electron chi connectivity index (χ1n) is 4.52. The van der Waals surface area contributed by atoms with Gasteiger partial charge in [-0.1, -0.05) is 20.8 Å². The second kappa shape index (κ2) is 2.97. The second-order valence-electron chi connectivity index (χ2n) is 4.34. The summed E-state index contributed by atoms with van der Waals surface area (Å²) in [5.41, 5.74) is -0.655. The van der Waals surface area contributed by atoms with Gasteiger partial charge < -0.3 is 0 Å². The van der Waals surface area contributed by atoms with Crippen LogP contribution in [0.5, 0.6) is 0 Å². The number of rotatable bonds is 3. The molecule has 1 fully saturated rings. The Morgan fingerprint density at radius 3 is 2.46 bits per heavy atom. The topological polar surface area (TPSA) is 53.2 Å². The Kier molecular flexibility index (Phi) is 2.28. The molecule has 0 heterocycles. The largest absolute Gasteiger partial charge is 0.236 e. The van der Waals surface area contributed by atoms with Crippen LogP contribution in [0, 0.1) is 22.7 Å². The fraction of sp³-hybridized carbons (Fsp3) is 0.800. The van der Waals surface area contributed by atoms with Crippen molar-refractivity contribution in [1.82, 2.24) is 0 Å². The molecule has 13 heavy (non-hydrogen) atoms. The van der Waals surface area contributed by atoms with E-state index in [1.807, 2.05) is 6.92 Å². The summed E-state index contributed by atoms with van der Waals surface area (Å²) in [5, 5.41) is 9.03. The van der Waals surface area contributed by atoms with Gasteiger partial charge in [-0.15, -0.1) is 0 Å². The summed E-state index contributed by atoms with van der Waals surface area (Å²) >= 11 is 0. The molecule has 0 bridgehead atoms. The number of isocyanates is 1. The third kappa shape index (κ3) is 1.50. The average molecular weight is 178 g/mol. The van der Waals surface area contributed by atoms with Gasteiger partial charge in [0.15, 0.2) is 5.54 Å². The molecule has 3 heteroatoms. The van der Waals surface area contributed by atoms with E-state index in [-0.39, 0.29) is 11.3 Å². The molecule has 2 atom stereocenters. The zero-order valence-electron chi connectivity index (χ0n) is 8.29. The van der Waals surface area contributed by atoms with E-state index in [0.717, 1.165) is 6.42 Å². The van der Waals surface area contributed by atoms with Gasteiger partial charge in [0.1, 0.15) is 0 Å². The van der Waals surface area contributed by atoms with Crippen molar-refractivity contribution in [2.24, 2.45) is 16.3 Å². The van der Waals surface area contributed by atoms with Crippen LogP contribution in [0.15, 0.2) is 4.99 Å². The van der Waals surface area contributed by atoms with Crippen LogP contribution in [0.25, 0.3) is 0 Å². The average Bonchev–Trinajstić information content (AvgIpc) is 2.72. The Labute approximate surface area is 78.5 Å². The van der Waals surface area contributed by atoms with E-state index in [1.54, 1.807) is 0 Å². The molecule has 0 aromatic carbocycles. The lowest BCUT2D eigenvalue weighted by Gasteiger charge is -2.19. The summed E-state index contributed by atoms with van der Waals surface area (Å²) in [6, 6.07) is 2.15. The lowest BCUT2D eigenvalue weighted by atomic mass is 9.88. The molecule has 1 rings (SSSR count). The van der Waals surface area contributed by atoms with E-state index < -0.39 is 5.54 Å². The van der Waals surface area contributed by atoms with Gasteiger partial charge in [0.25, 0.3) is 0 Å². The van der Waals surface area contributed by atoms with Crippen LogP contribution in [0.2, 0.25) is 0 Å². The molecular formula is C10H14N2O. The fourth-order valence-electron chi connectivity index (χ4n) is 1.95. The molecule has 2 unspecified atom stereocenters. The maximum absolute atomic E-state index is 10.2. The Morgan fingerprint density at radius 2 is 2.23 bits per heavy atom. The molecule has 0 aromatic rings. The summed E-state index contributed by atoms with van der Waals surface area (Å²) in [5.74, 6) is 0.219. The molecule has 0 aromatic heterocycles. The summed E-state index contributed by atoms with van der Waals surface area (Å²) in [4.78, 5) is 13.9. The van der Waals surface area contributed by atoms with Gasteiger partial charge in [-0.25, -0.2) is 4.79 Å². The van der Waals surface area contributed by atoms with Crippen LogP contribution in [0.4, 0.5) is 0 Å². The van der Waals surface area contributed by atoms with Crippen molar-refractivity contribution in [3.05, 3.63) is 0 Å². The Balaban J connectivity index is 2.94. The standard InChI is InChI=1S/C10H14N2O/c1-4-10(6-11,12-7-13)8-5-9(8,2)3/h8H,4-5H2,1-3H3. The normalized spacial score (nSPS) is 28.0. The Morgan fingerprint density at radius 1 is 1.69 bits per heavy atom. The zero-order chi connectivity index (χ0) is 10.1. The van der Waals surface area contributed by atoms with Crippen LogP contribution in [0.1, 0.15) is 33.6 Å². The first kappa shape index (κ1) is 9.95. The van der Waals surface area contributed by atoms with Crippen molar-refractivity contribution < 1.29 is 4.79 Å². The van der Waals surface area contributed by atoms with Gasteiger partial charge in [-0.05, 0) is 18.3 Å². The van der Waals surface area contributed by atoms with Crippen molar-refractivity contribution in [3.63, 3.8) is 0 Å². The summed E-state index contributed by atoms with van der Waals surface area (Å²) < 4.78 is 0. The van der Waals surface area contributed by atoms with E-state index in [2.05, 4.69) is 24.9 Å². The molecule has 0 radical (unpaired) electrons. The lowest BCUT2D eigenvalue weighted by molar-refractivity contribution is 0.391. The van der Waals surface area contributed by atoms with Crippen molar-refractivity contribution in [2.45, 2.75) is 39.2 Å². The molecule has 1 aliphatic carbocycles. The van der Waals surface area contributed by atoms with E-state index >= 15 is 0 Å². The number of nitriles is 1. The second-order valence-corrected chi connectivity index (χ2v) is 4.34. The molecule has 3 nitrogen and oxygen atoms in total. The minimum atomic E-state index is -0.814. The molecule has 1 aliphatic rings. The van der Waals surface area contributed by atoms with Crippen molar-refractivity contribution >= 4 is 6.08 Å². The fourth-order valence-corrected chi connectivity index (χ4v) is 1.95. The smallest absolute Gasteiger partial charge is 0.211 e. The van der Waals surface area contributed by atoms with Gasteiger partial charge in [-0.3, -0.25) is 0 Å². The quantitative estimate of drug-likeness (QED) is 0.490. The first-order chi connectivity index (χ1) is 6.02. The molecule has 70 valence electrons. The zero-order valence-corrected chi connectivity index (χ0v) is 8.29. The highest BCUT2D eigenvalue weighted by atomic mass is 16.1. The monoisotopic (exact) mass is 178 g/mol. The van der Waals surface area contributed by atoms with Crippen LogP contribution in [-0.4, -0.2) is 11.6 Å². The molecule has 0 aliphatic heterocycles. The summed E-state index contributed by atoms with van der Waals surface area (Å²) in [6.45, 7) is 6.08. The van der Waals surface area contributed by atoms with E-state index in [4.69, 9.17) is 5.26 Å². The highest BCUT2D eigenvalue weighted by Crippen LogP contribution is 2.59. The molecule has 1 saturated carbocycles. The summed E-state index contributed by atoms with van der Waals surface area (Å²) in [7, 11) is 0. The number of hydrogen-bond acceptors (Lipinski definition) is 3. The minimum Gasteiger partial charge on any atom is -0.211 e. The van der Waals surface area contributed by atoms with E-state index in [9.17, 15) is 4.79 Å². The van der Waals surface area contributed by atoms with Crippen molar-refractivity contribution in [2.75, 3.05) is 0 Å². The SMILES string of the molecule is CCC(C#N)(N=C=O)C1CC1(C)C. The van der Waals surface area contributed by atoms with E-state index in [0.29, 0.717) is 6.42 Å². The number of aliphatic imine (C=N–C) groups is 1. The van der Waals surface area contributed by atoms with Gasteiger partial charge in [0.05, 0.1) is 6.07 Å². The van der Waals surface area contributed by atoms with Crippen molar-refractivity contribution in [1.29, 1.82) is 5.26 Å². The molecule has 0 N–H and O–H groups in total. The van der Waals surface area contributed by atoms with Gasteiger partial charge in [0.2, 0.25) is 6.08 Å². The highest BCUT2D eigenvalue weighted by Gasteiger charge is 2.58. The van der Waals surface area contributed by atoms with Crippen LogP contribution in [0.3, 0.4) is 0 Å². The van der Waals surface area contributed by atoms with Crippen LogP contribution >= 0.6 is 0 Å². The summed E-state index contributed by atoms with van der Waals surface area (Å²) in [6.07, 6.45) is 3.08. The lowest BCUT2D eigenvalue weighted by Crippen LogP contribution is -2.28. The Hall–Kier alpha value is -1.13. The molecule has 0 saturated heterocycles. The predicted molar refractivity (Wildman–Crippen MR) is 48.6 cm³/mol. The number of nitrogens with zero attached hydrogens (tertiary/aromatic N) is 2. The van der Waals surface area contributed by atoms with Gasteiger partial charge >= 0.3 is 0 Å². The van der Waals surface area contributed by atoms with Gasteiger partial charge in [0, 0.05) is 5.92 Å². The number of hydrogen-bond donors (Lipinski definition) is 0. The maximum Gasteiger partial charge on any atom is 0.236 e. The first-order valence-corrected chi connectivity index (χ1v) is 4.52. The van der Waals surface area contributed by atoms with Crippen LogP contribution in [-0.2, 0) is 4.79 Å². The molecular weight excluding hydrogens is 164 g/mol. The maximum atomic E-state index is 10.2. The molecule has 0 amide bonds. The minimum absolute atomic E-state index is 0.159. The van der Waals surface area contributed by atoms with Crippen LogP contribution < -0.4 is 0 Å². The highest BCUT2D eigenvalue weighted by molar-refractivity contribution is 5.38. The third-order valence-electron chi connectivity index (χ3n) is 3.07. The number of carbonyl (C=O) groups excluding carboxylic acids is 1. The molecule has 0 spiro atoms. The van der Waals surface area contributed by atoms with E-state index in [1.165, 1.54) is 6.08 Å². The third-order valence-corrected chi connectivity index (χ3v) is 3.07. The predicted octanol–water partition coefficient (Wildman–Crippen LogP) is 2.04. The van der Waals surface area contributed by atoms with Crippen molar-refractivity contribution in [3.8, 4) is 6.07 Å².